The van der Waals surface area contributed by atoms with Gasteiger partial charge in [-0.1, -0.05) is 37.8 Å². The third-order valence-corrected chi connectivity index (χ3v) is 3.61. The number of nitrogens with zero attached hydrogens (tertiary/aromatic N) is 1. The molecule has 0 bridgehead atoms. The molecule has 1 aromatic heterocycles. The Morgan fingerprint density at radius 3 is 2.78 bits per heavy atom. The van der Waals surface area contributed by atoms with Gasteiger partial charge >= 0.3 is 0 Å². The van der Waals surface area contributed by atoms with Crippen LogP contribution in [0.1, 0.15) is 55.1 Å². The van der Waals surface area contributed by atoms with Gasteiger partial charge in [-0.05, 0) is 31.4 Å². The minimum absolute atomic E-state index is 0.0269. The lowest BCUT2D eigenvalue weighted by Crippen LogP contribution is -2.36. The number of carbonyl (C=O) groups excluding carboxylic acids is 1. The van der Waals surface area contributed by atoms with Crippen LogP contribution in [0.25, 0.3) is 0 Å². The van der Waals surface area contributed by atoms with Crippen molar-refractivity contribution < 1.29 is 4.79 Å². The summed E-state index contributed by atoms with van der Waals surface area (Å²) in [5.41, 5.74) is 1.48. The van der Waals surface area contributed by atoms with Crippen LogP contribution in [-0.4, -0.2) is 16.9 Å². The lowest BCUT2D eigenvalue weighted by atomic mass is 9.95. The minimum atomic E-state index is -0.0269. The number of rotatable bonds is 3. The van der Waals surface area contributed by atoms with Crippen LogP contribution < -0.4 is 5.32 Å². The van der Waals surface area contributed by atoms with Crippen LogP contribution in [0, 0.1) is 0 Å². The molecular formula is C14H19ClN2O. The van der Waals surface area contributed by atoms with Crippen molar-refractivity contribution in [3.63, 3.8) is 0 Å². The molecule has 1 aliphatic carbocycles. The Kier molecular flexibility index (Phi) is 4.59. The van der Waals surface area contributed by atoms with Crippen molar-refractivity contribution in [2.24, 2.45) is 0 Å². The van der Waals surface area contributed by atoms with E-state index in [0.29, 0.717) is 16.8 Å². The van der Waals surface area contributed by atoms with Crippen LogP contribution in [-0.2, 0) is 6.42 Å². The number of nitrogens with one attached hydrogen (secondary N) is 1. The summed E-state index contributed by atoms with van der Waals surface area (Å²) in [7, 11) is 0. The summed E-state index contributed by atoms with van der Waals surface area (Å²) in [6.07, 6.45) is 6.67. The van der Waals surface area contributed by atoms with Crippen LogP contribution in [0.5, 0.6) is 0 Å². The maximum absolute atomic E-state index is 12.1. The van der Waals surface area contributed by atoms with E-state index in [1.807, 2.05) is 13.0 Å². The second kappa shape index (κ2) is 6.19. The number of aromatic nitrogens is 1. The van der Waals surface area contributed by atoms with Gasteiger partial charge in [0.05, 0.1) is 0 Å². The summed E-state index contributed by atoms with van der Waals surface area (Å²) in [6.45, 7) is 2.00. The molecule has 0 unspecified atom stereocenters. The Morgan fingerprint density at radius 2 is 2.11 bits per heavy atom. The van der Waals surface area contributed by atoms with Crippen LogP contribution in [0.4, 0.5) is 0 Å². The molecule has 0 radical (unpaired) electrons. The molecule has 0 spiro atoms. The molecule has 0 aliphatic heterocycles. The van der Waals surface area contributed by atoms with E-state index >= 15 is 0 Å². The molecule has 1 fully saturated rings. The highest BCUT2D eigenvalue weighted by molar-refractivity contribution is 6.29. The fraction of sp³-hybridized carbons (Fsp3) is 0.571. The van der Waals surface area contributed by atoms with E-state index in [9.17, 15) is 4.79 Å². The second-order valence-corrected chi connectivity index (χ2v) is 5.22. The van der Waals surface area contributed by atoms with Gasteiger partial charge in [0.2, 0.25) is 0 Å². The summed E-state index contributed by atoms with van der Waals surface area (Å²) in [4.78, 5) is 16.3. The molecule has 1 aliphatic rings. The van der Waals surface area contributed by atoms with Crippen LogP contribution in [0.3, 0.4) is 0 Å². The maximum atomic E-state index is 12.1. The highest BCUT2D eigenvalue weighted by Crippen LogP contribution is 2.18. The standard InChI is InChI=1S/C14H19ClN2O/c1-2-11-8-10(9-13(15)16-11)14(18)17-12-6-4-3-5-7-12/h8-9,12H,2-7H2,1H3,(H,17,18). The predicted octanol–water partition coefficient (Wildman–Crippen LogP) is 3.36. The van der Waals surface area contributed by atoms with Crippen molar-refractivity contribution in [1.29, 1.82) is 0 Å². The molecule has 1 amide bonds. The lowest BCUT2D eigenvalue weighted by molar-refractivity contribution is 0.0927. The van der Waals surface area contributed by atoms with Crippen molar-refractivity contribution in [2.45, 2.75) is 51.5 Å². The first kappa shape index (κ1) is 13.3. The zero-order valence-electron chi connectivity index (χ0n) is 10.7. The van der Waals surface area contributed by atoms with Crippen molar-refractivity contribution in [1.82, 2.24) is 10.3 Å². The molecule has 4 heteroatoms. The zero-order chi connectivity index (χ0) is 13.0. The molecule has 0 saturated heterocycles. The largest absolute Gasteiger partial charge is 0.349 e. The number of pyridine rings is 1. The van der Waals surface area contributed by atoms with Gasteiger partial charge in [0.15, 0.2) is 0 Å². The number of hydrogen-bond donors (Lipinski definition) is 1. The SMILES string of the molecule is CCc1cc(C(=O)NC2CCCCC2)cc(Cl)n1. The van der Waals surface area contributed by atoms with Crippen molar-refractivity contribution >= 4 is 17.5 Å². The molecule has 1 N–H and O–H groups in total. The van der Waals surface area contributed by atoms with Gasteiger partial charge in [-0.3, -0.25) is 4.79 Å². The van der Waals surface area contributed by atoms with Crippen molar-refractivity contribution in [3.8, 4) is 0 Å². The average Bonchev–Trinajstić information content (AvgIpc) is 2.39. The maximum Gasteiger partial charge on any atom is 0.251 e. The first-order valence-corrected chi connectivity index (χ1v) is 7.04. The Balaban J connectivity index is 2.05. The van der Waals surface area contributed by atoms with Gasteiger partial charge in [0.25, 0.3) is 5.91 Å². The number of carbonyl (C=O) groups is 1. The molecule has 2 rings (SSSR count). The molecule has 3 nitrogen and oxygen atoms in total. The topological polar surface area (TPSA) is 42.0 Å². The first-order chi connectivity index (χ1) is 8.69. The van der Waals surface area contributed by atoms with E-state index in [4.69, 9.17) is 11.6 Å². The highest BCUT2D eigenvalue weighted by atomic mass is 35.5. The second-order valence-electron chi connectivity index (χ2n) is 4.83. The van der Waals surface area contributed by atoms with E-state index in [0.717, 1.165) is 25.0 Å². The van der Waals surface area contributed by atoms with Gasteiger partial charge in [0, 0.05) is 17.3 Å². The van der Waals surface area contributed by atoms with E-state index < -0.39 is 0 Å². The fourth-order valence-corrected chi connectivity index (χ4v) is 2.61. The van der Waals surface area contributed by atoms with Crippen LogP contribution in [0.15, 0.2) is 12.1 Å². The molecular weight excluding hydrogens is 248 g/mol. The minimum Gasteiger partial charge on any atom is -0.349 e. The van der Waals surface area contributed by atoms with Crippen LogP contribution >= 0.6 is 11.6 Å². The van der Waals surface area contributed by atoms with Gasteiger partial charge in [-0.15, -0.1) is 0 Å². The number of amides is 1. The average molecular weight is 267 g/mol. The molecule has 98 valence electrons. The van der Waals surface area contributed by atoms with Gasteiger partial charge in [-0.2, -0.15) is 0 Å². The molecule has 1 heterocycles. The fourth-order valence-electron chi connectivity index (χ4n) is 2.38. The molecule has 0 atom stereocenters. The number of hydrogen-bond acceptors (Lipinski definition) is 2. The lowest BCUT2D eigenvalue weighted by Gasteiger charge is -2.22. The third-order valence-electron chi connectivity index (χ3n) is 3.41. The monoisotopic (exact) mass is 266 g/mol. The predicted molar refractivity (Wildman–Crippen MR) is 73.0 cm³/mol. The Morgan fingerprint density at radius 1 is 1.39 bits per heavy atom. The molecule has 0 aromatic carbocycles. The Bertz CT molecular complexity index is 428. The summed E-state index contributed by atoms with van der Waals surface area (Å²) in [5, 5.41) is 3.48. The van der Waals surface area contributed by atoms with E-state index in [1.54, 1.807) is 6.07 Å². The number of aryl methyl sites for hydroxylation is 1. The Hall–Kier alpha value is -1.09. The van der Waals surface area contributed by atoms with Gasteiger partial charge in [-0.25, -0.2) is 4.98 Å². The molecule has 18 heavy (non-hydrogen) atoms. The quantitative estimate of drug-likeness (QED) is 0.853. The van der Waals surface area contributed by atoms with E-state index in [-0.39, 0.29) is 5.91 Å². The smallest absolute Gasteiger partial charge is 0.251 e. The summed E-state index contributed by atoms with van der Waals surface area (Å²) >= 11 is 5.92. The molecule has 1 saturated carbocycles. The van der Waals surface area contributed by atoms with E-state index in [2.05, 4.69) is 10.3 Å². The van der Waals surface area contributed by atoms with Crippen molar-refractivity contribution in [3.05, 3.63) is 28.5 Å². The first-order valence-electron chi connectivity index (χ1n) is 6.66. The van der Waals surface area contributed by atoms with E-state index in [1.165, 1.54) is 19.3 Å². The van der Waals surface area contributed by atoms with Crippen molar-refractivity contribution in [2.75, 3.05) is 0 Å². The zero-order valence-corrected chi connectivity index (χ0v) is 11.5. The third kappa shape index (κ3) is 3.45. The summed E-state index contributed by atoms with van der Waals surface area (Å²) < 4.78 is 0. The molecule has 1 aromatic rings. The number of halogens is 1. The summed E-state index contributed by atoms with van der Waals surface area (Å²) in [5.74, 6) is -0.0269. The highest BCUT2D eigenvalue weighted by Gasteiger charge is 2.17. The normalized spacial score (nSPS) is 16.6. The summed E-state index contributed by atoms with van der Waals surface area (Å²) in [6, 6.07) is 3.78. The van der Waals surface area contributed by atoms with Crippen LogP contribution in [0.2, 0.25) is 5.15 Å². The Labute approximate surface area is 113 Å². The van der Waals surface area contributed by atoms with Gasteiger partial charge < -0.3 is 5.32 Å². The van der Waals surface area contributed by atoms with Gasteiger partial charge in [0.1, 0.15) is 5.15 Å².